The topological polar surface area (TPSA) is 53.6 Å². The predicted octanol–water partition coefficient (Wildman–Crippen LogP) is 2.84. The lowest BCUT2D eigenvalue weighted by molar-refractivity contribution is 0.0372. The van der Waals surface area contributed by atoms with Crippen molar-refractivity contribution < 1.29 is 9.53 Å². The smallest absolute Gasteiger partial charge is 0.314 e. The van der Waals surface area contributed by atoms with Gasteiger partial charge >= 0.3 is 6.03 Å². The second kappa shape index (κ2) is 11.6. The molecule has 1 heterocycles. The molecule has 1 fully saturated rings. The molecule has 1 aromatic carbocycles. The van der Waals surface area contributed by atoms with Crippen LogP contribution in [0, 0.1) is 0 Å². The Kier molecular flexibility index (Phi) is 9.35. The Morgan fingerprint density at radius 2 is 1.83 bits per heavy atom. The summed E-state index contributed by atoms with van der Waals surface area (Å²) in [5.41, 5.74) is 0. The van der Waals surface area contributed by atoms with Gasteiger partial charge < -0.3 is 15.4 Å². The van der Waals surface area contributed by atoms with Crippen molar-refractivity contribution in [2.75, 3.05) is 51.7 Å². The number of nitrogens with zero attached hydrogens (tertiary/aromatic N) is 1. The van der Waals surface area contributed by atoms with E-state index in [4.69, 9.17) is 16.3 Å². The Hall–Kier alpha value is -0.950. The van der Waals surface area contributed by atoms with Crippen LogP contribution in [0.5, 0.6) is 0 Å². The number of amides is 2. The zero-order chi connectivity index (χ0) is 17.0. The summed E-state index contributed by atoms with van der Waals surface area (Å²) in [5.74, 6) is 0.839. The Morgan fingerprint density at radius 3 is 2.58 bits per heavy atom. The molecule has 0 aliphatic carbocycles. The van der Waals surface area contributed by atoms with Gasteiger partial charge in [0.15, 0.2) is 0 Å². The molecule has 5 nitrogen and oxygen atoms in total. The van der Waals surface area contributed by atoms with Crippen LogP contribution in [0.1, 0.15) is 12.8 Å². The third-order valence-corrected chi connectivity index (χ3v) is 5.03. The van der Waals surface area contributed by atoms with E-state index in [1.165, 1.54) is 0 Å². The number of rotatable bonds is 9. The molecule has 134 valence electrons. The number of ether oxygens (including phenoxy) is 1. The summed E-state index contributed by atoms with van der Waals surface area (Å²) >= 11 is 7.55. The number of halogens is 1. The van der Waals surface area contributed by atoms with E-state index < -0.39 is 0 Å². The zero-order valence-corrected chi connectivity index (χ0v) is 15.5. The highest BCUT2D eigenvalue weighted by Crippen LogP contribution is 2.19. The summed E-state index contributed by atoms with van der Waals surface area (Å²) in [5, 5.41) is 6.53. The van der Waals surface area contributed by atoms with E-state index >= 15 is 0 Å². The molecule has 2 amide bonds. The van der Waals surface area contributed by atoms with Crippen LogP contribution in [0.2, 0.25) is 5.02 Å². The molecule has 24 heavy (non-hydrogen) atoms. The van der Waals surface area contributed by atoms with Gasteiger partial charge in [0.05, 0.1) is 13.2 Å². The van der Waals surface area contributed by atoms with Gasteiger partial charge in [-0.15, -0.1) is 11.8 Å². The molecule has 1 aliphatic rings. The van der Waals surface area contributed by atoms with Crippen molar-refractivity contribution in [3.63, 3.8) is 0 Å². The summed E-state index contributed by atoms with van der Waals surface area (Å²) in [6, 6.07) is 7.64. The standard InChI is InChI=1S/C17H26ClN3O2S/c18-15-3-5-16(6-4-15)24-14-8-20-17(22)19-7-1-2-9-21-10-12-23-13-11-21/h3-6H,1-2,7-14H2,(H2,19,20,22). The molecule has 1 aliphatic heterocycles. The largest absolute Gasteiger partial charge is 0.379 e. The second-order valence-electron chi connectivity index (χ2n) is 5.65. The van der Waals surface area contributed by atoms with Gasteiger partial charge in [0.1, 0.15) is 0 Å². The molecule has 0 bridgehead atoms. The van der Waals surface area contributed by atoms with Crippen LogP contribution in [0.3, 0.4) is 0 Å². The second-order valence-corrected chi connectivity index (χ2v) is 7.25. The van der Waals surface area contributed by atoms with E-state index in [1.54, 1.807) is 11.8 Å². The molecule has 0 atom stereocenters. The van der Waals surface area contributed by atoms with Crippen molar-refractivity contribution in [1.29, 1.82) is 0 Å². The van der Waals surface area contributed by atoms with E-state index in [0.29, 0.717) is 6.54 Å². The number of carbonyl (C=O) groups is 1. The van der Waals surface area contributed by atoms with Crippen LogP contribution in [0.25, 0.3) is 0 Å². The number of thioether (sulfide) groups is 1. The Balaban J connectivity index is 1.42. The van der Waals surface area contributed by atoms with Gasteiger partial charge in [-0.3, -0.25) is 4.90 Å². The van der Waals surface area contributed by atoms with Crippen molar-refractivity contribution in [2.45, 2.75) is 17.7 Å². The minimum atomic E-state index is -0.0851. The normalized spacial score (nSPS) is 15.2. The minimum absolute atomic E-state index is 0.0851. The van der Waals surface area contributed by atoms with E-state index in [0.717, 1.165) is 67.9 Å². The SMILES string of the molecule is O=C(NCCCCN1CCOCC1)NCCSc1ccc(Cl)cc1. The molecule has 2 rings (SSSR count). The molecule has 1 saturated heterocycles. The lowest BCUT2D eigenvalue weighted by Gasteiger charge is -2.26. The van der Waals surface area contributed by atoms with E-state index in [2.05, 4.69) is 15.5 Å². The van der Waals surface area contributed by atoms with Crippen molar-refractivity contribution in [2.24, 2.45) is 0 Å². The summed E-state index contributed by atoms with van der Waals surface area (Å²) in [7, 11) is 0. The van der Waals surface area contributed by atoms with Gasteiger partial charge in [0, 0.05) is 41.8 Å². The summed E-state index contributed by atoms with van der Waals surface area (Å²) in [6.45, 7) is 6.19. The minimum Gasteiger partial charge on any atom is -0.379 e. The van der Waals surface area contributed by atoms with E-state index in [9.17, 15) is 4.79 Å². The third-order valence-electron chi connectivity index (χ3n) is 3.76. The predicted molar refractivity (Wildman–Crippen MR) is 100 cm³/mol. The fraction of sp³-hybridized carbons (Fsp3) is 0.588. The maximum Gasteiger partial charge on any atom is 0.314 e. The number of benzene rings is 1. The van der Waals surface area contributed by atoms with Crippen molar-refractivity contribution >= 4 is 29.4 Å². The first-order valence-corrected chi connectivity index (χ1v) is 9.80. The van der Waals surface area contributed by atoms with Crippen LogP contribution in [0.15, 0.2) is 29.2 Å². The zero-order valence-electron chi connectivity index (χ0n) is 13.9. The van der Waals surface area contributed by atoms with Crippen LogP contribution < -0.4 is 10.6 Å². The number of unbranched alkanes of at least 4 members (excludes halogenated alkanes) is 1. The monoisotopic (exact) mass is 371 g/mol. The highest BCUT2D eigenvalue weighted by atomic mass is 35.5. The summed E-state index contributed by atoms with van der Waals surface area (Å²) in [6.07, 6.45) is 2.11. The number of morpholine rings is 1. The molecule has 2 N–H and O–H groups in total. The molecule has 0 spiro atoms. The highest BCUT2D eigenvalue weighted by Gasteiger charge is 2.09. The maximum atomic E-state index is 11.7. The first kappa shape index (κ1) is 19.4. The third kappa shape index (κ3) is 8.24. The number of urea groups is 1. The quantitative estimate of drug-likeness (QED) is 0.517. The molecule has 0 saturated carbocycles. The number of nitrogens with one attached hydrogen (secondary N) is 2. The van der Waals surface area contributed by atoms with Crippen molar-refractivity contribution in [3.05, 3.63) is 29.3 Å². The van der Waals surface area contributed by atoms with Gasteiger partial charge in [-0.1, -0.05) is 11.6 Å². The van der Waals surface area contributed by atoms with Crippen LogP contribution in [0.4, 0.5) is 4.79 Å². The Morgan fingerprint density at radius 1 is 1.12 bits per heavy atom. The van der Waals surface area contributed by atoms with Gasteiger partial charge in [0.2, 0.25) is 0 Å². The summed E-state index contributed by atoms with van der Waals surface area (Å²) in [4.78, 5) is 15.3. The fourth-order valence-corrected chi connectivity index (χ4v) is 3.31. The highest BCUT2D eigenvalue weighted by molar-refractivity contribution is 7.99. The Bertz CT molecular complexity index is 481. The van der Waals surface area contributed by atoms with E-state index in [1.807, 2.05) is 24.3 Å². The van der Waals surface area contributed by atoms with E-state index in [-0.39, 0.29) is 6.03 Å². The average molecular weight is 372 g/mol. The lowest BCUT2D eigenvalue weighted by Crippen LogP contribution is -2.38. The number of carbonyl (C=O) groups excluding carboxylic acids is 1. The number of hydrogen-bond acceptors (Lipinski definition) is 4. The lowest BCUT2D eigenvalue weighted by atomic mass is 10.3. The molecule has 0 radical (unpaired) electrons. The molecule has 7 heteroatoms. The van der Waals surface area contributed by atoms with Gasteiger partial charge in [-0.25, -0.2) is 4.79 Å². The van der Waals surface area contributed by atoms with Crippen LogP contribution in [-0.4, -0.2) is 62.6 Å². The molecule has 1 aromatic rings. The average Bonchev–Trinajstić information content (AvgIpc) is 2.61. The first-order valence-electron chi connectivity index (χ1n) is 8.44. The number of hydrogen-bond donors (Lipinski definition) is 2. The molecule has 0 unspecified atom stereocenters. The first-order chi connectivity index (χ1) is 11.7. The van der Waals surface area contributed by atoms with Crippen molar-refractivity contribution in [1.82, 2.24) is 15.5 Å². The van der Waals surface area contributed by atoms with Crippen LogP contribution in [-0.2, 0) is 4.74 Å². The molecular formula is C17H26ClN3O2S. The summed E-state index contributed by atoms with van der Waals surface area (Å²) < 4.78 is 5.32. The molecular weight excluding hydrogens is 346 g/mol. The van der Waals surface area contributed by atoms with Gasteiger partial charge in [-0.05, 0) is 43.7 Å². The Labute approximate surface area is 153 Å². The van der Waals surface area contributed by atoms with Crippen LogP contribution >= 0.6 is 23.4 Å². The van der Waals surface area contributed by atoms with Gasteiger partial charge in [-0.2, -0.15) is 0 Å². The maximum absolute atomic E-state index is 11.7. The fourth-order valence-electron chi connectivity index (χ4n) is 2.41. The van der Waals surface area contributed by atoms with Gasteiger partial charge in [0.25, 0.3) is 0 Å². The molecule has 0 aromatic heterocycles. The van der Waals surface area contributed by atoms with Crippen molar-refractivity contribution in [3.8, 4) is 0 Å².